The number of carboxylic acid groups (broad SMARTS) is 1. The Morgan fingerprint density at radius 2 is 1.74 bits per heavy atom. The Morgan fingerprint density at radius 3 is 2.24 bits per heavy atom. The number of fused-ring (bicyclic) bond motifs is 1. The van der Waals surface area contributed by atoms with Crippen LogP contribution >= 0.6 is 11.9 Å². The molecule has 5 nitrogen and oxygen atoms in total. The number of carboxylic acids is 1. The van der Waals surface area contributed by atoms with Gasteiger partial charge in [-0.3, -0.25) is 4.79 Å². The van der Waals surface area contributed by atoms with Gasteiger partial charge in [-0.1, -0.05) is 26.8 Å². The highest BCUT2D eigenvalue weighted by molar-refractivity contribution is 7.97. The van der Waals surface area contributed by atoms with E-state index in [0.29, 0.717) is 23.7 Å². The van der Waals surface area contributed by atoms with E-state index in [-0.39, 0.29) is 12.1 Å². The summed E-state index contributed by atoms with van der Waals surface area (Å²) in [5.41, 5.74) is -0.292. The highest BCUT2D eigenvalue weighted by Gasteiger charge is 2.37. The normalized spacial score (nSPS) is 14.7. The second kappa shape index (κ2) is 14.5. The maximum Gasteiger partial charge on any atom is 0.420 e. The van der Waals surface area contributed by atoms with Crippen LogP contribution in [0.15, 0.2) is 41.3 Å². The lowest BCUT2D eigenvalue weighted by atomic mass is 10.1. The summed E-state index contributed by atoms with van der Waals surface area (Å²) in [5, 5.41) is 8.99. The molecule has 0 amide bonds. The number of ether oxygens (including phenoxy) is 1. The van der Waals surface area contributed by atoms with Gasteiger partial charge in [0.15, 0.2) is 0 Å². The lowest BCUT2D eigenvalue weighted by Gasteiger charge is -2.26. The number of hydrogen-bond donors (Lipinski definition) is 1. The summed E-state index contributed by atoms with van der Waals surface area (Å²) in [7, 11) is 1.80. The molecule has 2 aromatic carbocycles. The van der Waals surface area contributed by atoms with Gasteiger partial charge in [-0.25, -0.2) is 17.5 Å². The molecular formula is C26H34F6N2O3S. The standard InChI is InChI=1S/C20H20F4N2O3S.C4H8F2.C2H6/c1-12(19(27)28)11-29-17-10-18-16(9-15(17)20(22,23)24)26(7-6-25(2)30-18)14-5-3-4-13(21)8-14;1-3-4(2,5)6;1-2/h3-5,8-10,12H,6-7,11H2,1-2H3,(H,27,28);3H2,1-2H3;1-2H3. The van der Waals surface area contributed by atoms with E-state index in [0.717, 1.165) is 13.0 Å². The maximum absolute atomic E-state index is 13.8. The number of nitrogens with zero attached hydrogens (tertiary/aromatic N) is 2. The second-order valence-electron chi connectivity index (χ2n) is 8.36. The second-order valence-corrected chi connectivity index (χ2v) is 9.61. The zero-order valence-corrected chi connectivity index (χ0v) is 23.0. The number of likely N-dealkylation sites (N-methyl/N-ethyl adjacent to an activating group) is 1. The molecule has 0 saturated carbocycles. The van der Waals surface area contributed by atoms with E-state index in [4.69, 9.17) is 9.84 Å². The lowest BCUT2D eigenvalue weighted by Crippen LogP contribution is -2.25. The Morgan fingerprint density at radius 1 is 1.13 bits per heavy atom. The molecule has 3 rings (SSSR count). The lowest BCUT2D eigenvalue weighted by molar-refractivity contribution is -0.142. The molecule has 0 aliphatic carbocycles. The van der Waals surface area contributed by atoms with Crippen molar-refractivity contribution in [2.45, 2.75) is 58.0 Å². The summed E-state index contributed by atoms with van der Waals surface area (Å²) in [6, 6.07) is 7.92. The Hall–Kier alpha value is -2.60. The third-order valence-electron chi connectivity index (χ3n) is 5.20. The monoisotopic (exact) mass is 568 g/mol. The van der Waals surface area contributed by atoms with Crippen LogP contribution in [0.2, 0.25) is 0 Å². The van der Waals surface area contributed by atoms with Crippen LogP contribution in [0.25, 0.3) is 0 Å². The third-order valence-corrected chi connectivity index (χ3v) is 6.22. The summed E-state index contributed by atoms with van der Waals surface area (Å²) in [6.45, 7) is 8.20. The number of aliphatic carboxylic acids is 1. The van der Waals surface area contributed by atoms with E-state index in [1.165, 1.54) is 50.1 Å². The van der Waals surface area contributed by atoms with Crippen LogP contribution in [-0.4, -0.2) is 48.0 Å². The van der Waals surface area contributed by atoms with Crippen molar-refractivity contribution in [2.24, 2.45) is 5.92 Å². The molecule has 0 fully saturated rings. The van der Waals surface area contributed by atoms with Crippen LogP contribution in [0.3, 0.4) is 0 Å². The summed E-state index contributed by atoms with van der Waals surface area (Å²) < 4.78 is 85.1. The first-order chi connectivity index (χ1) is 17.6. The number of rotatable bonds is 6. The summed E-state index contributed by atoms with van der Waals surface area (Å²) in [4.78, 5) is 13.1. The molecule has 1 heterocycles. The topological polar surface area (TPSA) is 53.0 Å². The Bertz CT molecular complexity index is 1050. The first kappa shape index (κ1) is 33.4. The number of alkyl halides is 5. The average Bonchev–Trinajstić information content (AvgIpc) is 3.00. The molecule has 0 aromatic heterocycles. The molecule has 0 spiro atoms. The smallest absolute Gasteiger partial charge is 0.420 e. The van der Waals surface area contributed by atoms with Crippen LogP contribution in [0.1, 0.15) is 46.6 Å². The fourth-order valence-electron chi connectivity index (χ4n) is 2.95. The van der Waals surface area contributed by atoms with Crippen molar-refractivity contribution in [3.8, 4) is 5.75 Å². The van der Waals surface area contributed by atoms with Crippen LogP contribution in [0.4, 0.5) is 37.7 Å². The van der Waals surface area contributed by atoms with Crippen LogP contribution in [0, 0.1) is 11.7 Å². The highest BCUT2D eigenvalue weighted by atomic mass is 32.2. The minimum Gasteiger partial charge on any atom is -0.492 e. The molecule has 38 heavy (non-hydrogen) atoms. The number of hydrogen-bond acceptors (Lipinski definition) is 5. The Balaban J connectivity index is 0.000000795. The van der Waals surface area contributed by atoms with E-state index in [1.807, 2.05) is 18.2 Å². The molecule has 1 unspecified atom stereocenters. The molecule has 1 atom stereocenters. The van der Waals surface area contributed by atoms with E-state index >= 15 is 0 Å². The Kier molecular flexibility index (Phi) is 12.8. The van der Waals surface area contributed by atoms with Gasteiger partial charge in [0.1, 0.15) is 18.2 Å². The van der Waals surface area contributed by atoms with Gasteiger partial charge in [-0.05, 0) is 63.2 Å². The molecule has 1 aliphatic heterocycles. The molecule has 0 radical (unpaired) electrons. The Labute approximate surface area is 223 Å². The van der Waals surface area contributed by atoms with Crippen LogP contribution in [-0.2, 0) is 11.0 Å². The van der Waals surface area contributed by atoms with E-state index < -0.39 is 47.7 Å². The van der Waals surface area contributed by atoms with Gasteiger partial charge < -0.3 is 14.7 Å². The van der Waals surface area contributed by atoms with Crippen LogP contribution in [0.5, 0.6) is 5.75 Å². The molecular weight excluding hydrogens is 534 g/mol. The van der Waals surface area contributed by atoms with Crippen molar-refractivity contribution in [3.63, 3.8) is 0 Å². The van der Waals surface area contributed by atoms with E-state index in [2.05, 4.69) is 0 Å². The van der Waals surface area contributed by atoms with E-state index in [1.54, 1.807) is 18.0 Å². The zero-order valence-electron chi connectivity index (χ0n) is 22.2. The molecule has 0 bridgehead atoms. The van der Waals surface area contributed by atoms with Crippen molar-refractivity contribution < 1.29 is 41.0 Å². The fourth-order valence-corrected chi connectivity index (χ4v) is 3.88. The van der Waals surface area contributed by atoms with Gasteiger partial charge in [0, 0.05) is 25.2 Å². The maximum atomic E-state index is 13.8. The SMILES string of the molecule is CC.CC(COc1cc2c(cc1C(F)(F)F)N(c1cccc(F)c1)CCN(C)S2)C(=O)O.CCC(C)(F)F. The van der Waals surface area contributed by atoms with Crippen molar-refractivity contribution in [1.82, 2.24) is 4.31 Å². The molecule has 0 saturated heterocycles. The van der Waals surface area contributed by atoms with Gasteiger partial charge in [0.2, 0.25) is 5.92 Å². The number of carbonyl (C=O) groups is 1. The largest absolute Gasteiger partial charge is 0.492 e. The predicted octanol–water partition coefficient (Wildman–Crippen LogP) is 8.11. The predicted molar refractivity (Wildman–Crippen MR) is 138 cm³/mol. The number of anilines is 2. The molecule has 2 aromatic rings. The quantitative estimate of drug-likeness (QED) is 0.281. The van der Waals surface area contributed by atoms with Gasteiger partial charge >= 0.3 is 12.1 Å². The minimum absolute atomic E-state index is 0.0625. The summed E-state index contributed by atoms with van der Waals surface area (Å²) in [5.74, 6) is -5.51. The first-order valence-corrected chi connectivity index (χ1v) is 12.8. The highest BCUT2D eigenvalue weighted by Crippen LogP contribution is 2.46. The number of benzene rings is 2. The van der Waals surface area contributed by atoms with E-state index in [9.17, 15) is 31.1 Å². The summed E-state index contributed by atoms with van der Waals surface area (Å²) >= 11 is 1.24. The molecule has 12 heteroatoms. The number of halogens is 6. The van der Waals surface area contributed by atoms with Crippen molar-refractivity contribution in [1.29, 1.82) is 0 Å². The average molecular weight is 569 g/mol. The van der Waals surface area contributed by atoms with Gasteiger partial charge in [-0.15, -0.1) is 0 Å². The van der Waals surface area contributed by atoms with Crippen LogP contribution < -0.4 is 9.64 Å². The van der Waals surface area contributed by atoms with Crippen molar-refractivity contribution >= 4 is 29.3 Å². The van der Waals surface area contributed by atoms with Gasteiger partial charge in [-0.2, -0.15) is 13.2 Å². The van der Waals surface area contributed by atoms with Crippen molar-refractivity contribution in [2.75, 3.05) is 31.6 Å². The molecule has 1 N–H and O–H groups in total. The van der Waals surface area contributed by atoms with Gasteiger partial charge in [0.05, 0.1) is 22.1 Å². The zero-order chi connectivity index (χ0) is 29.3. The minimum atomic E-state index is -4.71. The summed E-state index contributed by atoms with van der Waals surface area (Å²) in [6.07, 6.45) is -4.78. The fraction of sp³-hybridized carbons (Fsp3) is 0.500. The third kappa shape index (κ3) is 10.3. The van der Waals surface area contributed by atoms with Gasteiger partial charge in [0.25, 0.3) is 0 Å². The molecule has 1 aliphatic rings. The first-order valence-electron chi connectivity index (χ1n) is 12.0. The molecule has 214 valence electrons. The van der Waals surface area contributed by atoms with Crippen molar-refractivity contribution in [3.05, 3.63) is 47.8 Å².